The van der Waals surface area contributed by atoms with Gasteiger partial charge in [-0.05, 0) is 36.2 Å². The third kappa shape index (κ3) is 3.68. The summed E-state index contributed by atoms with van der Waals surface area (Å²) >= 11 is 0. The van der Waals surface area contributed by atoms with Gasteiger partial charge >= 0.3 is 0 Å². The van der Waals surface area contributed by atoms with Crippen LogP contribution in [0.4, 0.5) is 4.39 Å². The van der Waals surface area contributed by atoms with E-state index in [0.29, 0.717) is 12.2 Å². The van der Waals surface area contributed by atoms with Gasteiger partial charge in [0.05, 0.1) is 12.1 Å². The first-order valence-electron chi connectivity index (χ1n) is 7.54. The number of carbonyl (C=O) groups is 1. The van der Waals surface area contributed by atoms with E-state index in [1.807, 2.05) is 18.2 Å². The second-order valence-electron chi connectivity index (χ2n) is 5.60. The highest BCUT2D eigenvalue weighted by molar-refractivity contribution is 5.78. The van der Waals surface area contributed by atoms with Crippen LogP contribution in [0.3, 0.4) is 0 Å². The quantitative estimate of drug-likeness (QED) is 0.943. The summed E-state index contributed by atoms with van der Waals surface area (Å²) in [6.07, 6.45) is -0.131. The monoisotopic (exact) mass is 315 g/mol. The largest absolute Gasteiger partial charge is 0.484 e. The van der Waals surface area contributed by atoms with E-state index in [4.69, 9.17) is 4.74 Å². The number of nitrogens with zero attached hydrogens (tertiary/aromatic N) is 1. The molecule has 0 aliphatic carbocycles. The van der Waals surface area contributed by atoms with Gasteiger partial charge in [-0.15, -0.1) is 0 Å². The van der Waals surface area contributed by atoms with Crippen molar-refractivity contribution in [2.24, 2.45) is 0 Å². The summed E-state index contributed by atoms with van der Waals surface area (Å²) in [4.78, 5) is 14.0. The molecule has 1 N–H and O–H groups in total. The highest BCUT2D eigenvalue weighted by Crippen LogP contribution is 2.32. The van der Waals surface area contributed by atoms with Crippen molar-refractivity contribution < 1.29 is 19.0 Å². The fourth-order valence-electron chi connectivity index (χ4n) is 2.84. The minimum atomic E-state index is -0.578. The summed E-state index contributed by atoms with van der Waals surface area (Å²) in [5.74, 6) is 0.108. The second-order valence-corrected chi connectivity index (χ2v) is 5.60. The number of amides is 1. The first-order valence-corrected chi connectivity index (χ1v) is 7.54. The summed E-state index contributed by atoms with van der Waals surface area (Å²) < 4.78 is 18.6. The lowest BCUT2D eigenvalue weighted by Crippen LogP contribution is -2.35. The number of benzene rings is 2. The zero-order valence-electron chi connectivity index (χ0n) is 12.6. The Balaban J connectivity index is 1.69. The van der Waals surface area contributed by atoms with Crippen LogP contribution in [-0.2, 0) is 4.79 Å². The highest BCUT2D eigenvalue weighted by atomic mass is 19.1. The highest BCUT2D eigenvalue weighted by Gasteiger charge is 2.35. The molecular formula is C18H18FNO3. The number of hydrogen-bond donors (Lipinski definition) is 1. The average molecular weight is 315 g/mol. The van der Waals surface area contributed by atoms with Crippen LogP contribution >= 0.6 is 0 Å². The Morgan fingerprint density at radius 3 is 2.57 bits per heavy atom. The van der Waals surface area contributed by atoms with Gasteiger partial charge in [0.2, 0.25) is 0 Å². The van der Waals surface area contributed by atoms with Crippen molar-refractivity contribution in [3.8, 4) is 5.75 Å². The lowest BCUT2D eigenvalue weighted by atomic mass is 10.0. The van der Waals surface area contributed by atoms with Crippen molar-refractivity contribution in [2.75, 3.05) is 13.2 Å². The molecule has 5 heteroatoms. The number of aliphatic hydroxyl groups excluding tert-OH is 1. The molecule has 23 heavy (non-hydrogen) atoms. The number of carbonyl (C=O) groups excluding carboxylic acids is 1. The Hall–Kier alpha value is -2.40. The molecule has 2 aromatic rings. The van der Waals surface area contributed by atoms with Crippen LogP contribution in [0.1, 0.15) is 18.0 Å². The van der Waals surface area contributed by atoms with Gasteiger partial charge in [0.1, 0.15) is 11.6 Å². The summed E-state index contributed by atoms with van der Waals surface area (Å²) in [5, 5.41) is 9.91. The van der Waals surface area contributed by atoms with E-state index in [0.717, 1.165) is 5.56 Å². The summed E-state index contributed by atoms with van der Waals surface area (Å²) in [7, 11) is 0. The molecule has 1 saturated heterocycles. The van der Waals surface area contributed by atoms with Crippen molar-refractivity contribution in [3.05, 3.63) is 66.0 Å². The normalized spacial score (nSPS) is 20.5. The molecule has 1 aliphatic rings. The minimum absolute atomic E-state index is 0.0889. The van der Waals surface area contributed by atoms with Gasteiger partial charge in [-0.1, -0.05) is 30.3 Å². The van der Waals surface area contributed by atoms with Crippen LogP contribution in [0.5, 0.6) is 5.75 Å². The van der Waals surface area contributed by atoms with Crippen LogP contribution in [0.15, 0.2) is 54.6 Å². The van der Waals surface area contributed by atoms with E-state index in [1.54, 1.807) is 29.2 Å². The molecule has 2 atom stereocenters. The second kappa shape index (κ2) is 6.79. The third-order valence-corrected chi connectivity index (χ3v) is 3.96. The fourth-order valence-corrected chi connectivity index (χ4v) is 2.84. The van der Waals surface area contributed by atoms with Gasteiger partial charge < -0.3 is 14.7 Å². The Labute approximate surface area is 134 Å². The smallest absolute Gasteiger partial charge is 0.261 e. The molecule has 0 unspecified atom stereocenters. The molecule has 4 nitrogen and oxygen atoms in total. The summed E-state index contributed by atoms with van der Waals surface area (Å²) in [5.41, 5.74) is 0.816. The lowest BCUT2D eigenvalue weighted by Gasteiger charge is -2.24. The first kappa shape index (κ1) is 15.5. The van der Waals surface area contributed by atoms with Gasteiger partial charge in [0.15, 0.2) is 6.61 Å². The van der Waals surface area contributed by atoms with Crippen LogP contribution in [0.2, 0.25) is 0 Å². The zero-order chi connectivity index (χ0) is 16.2. The Morgan fingerprint density at radius 2 is 1.87 bits per heavy atom. The lowest BCUT2D eigenvalue weighted by molar-refractivity contribution is -0.134. The van der Waals surface area contributed by atoms with Gasteiger partial charge in [-0.3, -0.25) is 4.79 Å². The molecule has 1 fully saturated rings. The maximum absolute atomic E-state index is 13.1. The molecule has 2 aromatic carbocycles. The van der Waals surface area contributed by atoms with E-state index in [2.05, 4.69) is 0 Å². The molecule has 120 valence electrons. The van der Waals surface area contributed by atoms with Crippen LogP contribution in [0, 0.1) is 5.82 Å². The topological polar surface area (TPSA) is 49.8 Å². The number of likely N-dealkylation sites (tertiary alicyclic amines) is 1. The number of halogens is 1. The van der Waals surface area contributed by atoms with Crippen molar-refractivity contribution in [1.29, 1.82) is 0 Å². The Morgan fingerprint density at radius 1 is 1.17 bits per heavy atom. The zero-order valence-corrected chi connectivity index (χ0v) is 12.6. The van der Waals surface area contributed by atoms with Crippen molar-refractivity contribution in [3.63, 3.8) is 0 Å². The SMILES string of the molecule is O=C(COc1ccccc1)N1C[C@@H](O)C[C@H]1c1ccc(F)cc1. The number of β-amino-alcohol motifs (C(OH)–C–C–N with tert-alkyl or cyclic N) is 1. The fraction of sp³-hybridized carbons (Fsp3) is 0.278. The van der Waals surface area contributed by atoms with Crippen LogP contribution < -0.4 is 4.74 Å². The Kier molecular flexibility index (Phi) is 4.57. The van der Waals surface area contributed by atoms with Gasteiger partial charge in [0, 0.05) is 6.54 Å². The van der Waals surface area contributed by atoms with E-state index in [1.165, 1.54) is 12.1 Å². The molecule has 0 aromatic heterocycles. The van der Waals surface area contributed by atoms with Crippen LogP contribution in [-0.4, -0.2) is 35.2 Å². The Bertz CT molecular complexity index is 660. The summed E-state index contributed by atoms with van der Waals surface area (Å²) in [6.45, 7) is 0.174. The standard InChI is InChI=1S/C18H18FNO3/c19-14-8-6-13(7-9-14)17-10-15(21)11-20(17)18(22)12-23-16-4-2-1-3-5-16/h1-9,15,17,21H,10-12H2/t15-,17-/m0/s1. The molecule has 0 bridgehead atoms. The number of aliphatic hydroxyl groups is 1. The van der Waals surface area contributed by atoms with E-state index < -0.39 is 6.10 Å². The van der Waals surface area contributed by atoms with Crippen molar-refractivity contribution in [1.82, 2.24) is 4.90 Å². The molecule has 0 radical (unpaired) electrons. The molecule has 1 aliphatic heterocycles. The van der Waals surface area contributed by atoms with Gasteiger partial charge in [-0.2, -0.15) is 0 Å². The maximum Gasteiger partial charge on any atom is 0.261 e. The van der Waals surface area contributed by atoms with E-state index in [9.17, 15) is 14.3 Å². The van der Waals surface area contributed by atoms with Gasteiger partial charge in [0.25, 0.3) is 5.91 Å². The third-order valence-electron chi connectivity index (χ3n) is 3.96. The molecule has 1 heterocycles. The number of rotatable bonds is 4. The number of ether oxygens (including phenoxy) is 1. The van der Waals surface area contributed by atoms with Gasteiger partial charge in [-0.25, -0.2) is 4.39 Å². The first-order chi connectivity index (χ1) is 11.1. The van der Waals surface area contributed by atoms with E-state index in [-0.39, 0.29) is 30.9 Å². The molecule has 1 amide bonds. The number of hydrogen-bond acceptors (Lipinski definition) is 3. The van der Waals surface area contributed by atoms with Crippen molar-refractivity contribution in [2.45, 2.75) is 18.6 Å². The maximum atomic E-state index is 13.1. The van der Waals surface area contributed by atoms with E-state index >= 15 is 0 Å². The number of para-hydroxylation sites is 1. The molecule has 0 saturated carbocycles. The molecule has 0 spiro atoms. The average Bonchev–Trinajstić information content (AvgIpc) is 2.96. The van der Waals surface area contributed by atoms with Crippen molar-refractivity contribution >= 4 is 5.91 Å². The summed E-state index contributed by atoms with van der Waals surface area (Å²) in [6, 6.07) is 14.9. The minimum Gasteiger partial charge on any atom is -0.484 e. The predicted octanol–water partition coefficient (Wildman–Crippen LogP) is 2.54. The molecule has 3 rings (SSSR count). The molecular weight excluding hydrogens is 297 g/mol. The predicted molar refractivity (Wildman–Crippen MR) is 83.4 cm³/mol. The van der Waals surface area contributed by atoms with Crippen LogP contribution in [0.25, 0.3) is 0 Å².